The zero-order chi connectivity index (χ0) is 11.9. The molecule has 1 aliphatic heterocycles. The SMILES string of the molecule is O=C(NCCCc1ncn[nH]1)N1CCCCC1. The lowest BCUT2D eigenvalue weighted by Gasteiger charge is -2.26. The number of carbonyl (C=O) groups excluding carboxylic acids is 1. The molecule has 1 aromatic heterocycles. The Morgan fingerprint density at radius 1 is 1.41 bits per heavy atom. The molecule has 0 saturated carbocycles. The van der Waals surface area contributed by atoms with Gasteiger partial charge in [-0.1, -0.05) is 0 Å². The molecule has 0 atom stereocenters. The van der Waals surface area contributed by atoms with E-state index in [1.807, 2.05) is 4.90 Å². The lowest BCUT2D eigenvalue weighted by Crippen LogP contribution is -2.43. The number of aromatic amines is 1. The minimum atomic E-state index is 0.0715. The Hall–Kier alpha value is -1.59. The average molecular weight is 237 g/mol. The molecule has 6 heteroatoms. The Labute approximate surface area is 101 Å². The van der Waals surface area contributed by atoms with Crippen LogP contribution in [0.3, 0.4) is 0 Å². The topological polar surface area (TPSA) is 73.9 Å². The van der Waals surface area contributed by atoms with E-state index >= 15 is 0 Å². The van der Waals surface area contributed by atoms with Crippen molar-refractivity contribution in [2.75, 3.05) is 19.6 Å². The fourth-order valence-corrected chi connectivity index (χ4v) is 2.01. The number of amides is 2. The largest absolute Gasteiger partial charge is 0.338 e. The van der Waals surface area contributed by atoms with Crippen molar-refractivity contribution in [1.29, 1.82) is 0 Å². The first-order chi connectivity index (χ1) is 8.36. The van der Waals surface area contributed by atoms with Crippen molar-refractivity contribution in [3.8, 4) is 0 Å². The molecule has 1 aromatic rings. The number of likely N-dealkylation sites (tertiary alicyclic amines) is 1. The van der Waals surface area contributed by atoms with Crippen molar-refractivity contribution >= 4 is 6.03 Å². The average Bonchev–Trinajstić information content (AvgIpc) is 2.88. The van der Waals surface area contributed by atoms with Gasteiger partial charge >= 0.3 is 6.03 Å². The molecule has 0 aliphatic carbocycles. The highest BCUT2D eigenvalue weighted by Crippen LogP contribution is 2.08. The van der Waals surface area contributed by atoms with Crippen molar-refractivity contribution < 1.29 is 4.79 Å². The van der Waals surface area contributed by atoms with Gasteiger partial charge in [-0.15, -0.1) is 0 Å². The zero-order valence-electron chi connectivity index (χ0n) is 9.98. The van der Waals surface area contributed by atoms with Crippen LogP contribution in [0.25, 0.3) is 0 Å². The fraction of sp³-hybridized carbons (Fsp3) is 0.727. The van der Waals surface area contributed by atoms with E-state index in [0.717, 1.165) is 44.6 Å². The summed E-state index contributed by atoms with van der Waals surface area (Å²) in [5, 5.41) is 9.52. The molecule has 1 fully saturated rings. The lowest BCUT2D eigenvalue weighted by molar-refractivity contribution is 0.186. The van der Waals surface area contributed by atoms with Crippen LogP contribution in [0.1, 0.15) is 31.5 Å². The number of urea groups is 1. The lowest BCUT2D eigenvalue weighted by atomic mass is 10.1. The van der Waals surface area contributed by atoms with Crippen LogP contribution in [0, 0.1) is 0 Å². The van der Waals surface area contributed by atoms with Crippen LogP contribution < -0.4 is 5.32 Å². The maximum absolute atomic E-state index is 11.7. The van der Waals surface area contributed by atoms with Crippen LogP contribution in [0.15, 0.2) is 6.33 Å². The highest BCUT2D eigenvalue weighted by atomic mass is 16.2. The molecule has 1 saturated heterocycles. The number of H-pyrrole nitrogens is 1. The molecule has 2 amide bonds. The summed E-state index contributed by atoms with van der Waals surface area (Å²) in [6.07, 6.45) is 6.71. The molecule has 6 nitrogen and oxygen atoms in total. The molecule has 0 spiro atoms. The number of aromatic nitrogens is 3. The number of carbonyl (C=O) groups is 1. The third-order valence-electron chi connectivity index (χ3n) is 2.97. The van der Waals surface area contributed by atoms with Gasteiger partial charge in [0.25, 0.3) is 0 Å². The number of rotatable bonds is 4. The number of piperidine rings is 1. The molecular weight excluding hydrogens is 218 g/mol. The van der Waals surface area contributed by atoms with Crippen molar-refractivity contribution in [2.45, 2.75) is 32.1 Å². The number of hydrogen-bond donors (Lipinski definition) is 2. The van der Waals surface area contributed by atoms with Crippen molar-refractivity contribution in [3.63, 3.8) is 0 Å². The Morgan fingerprint density at radius 3 is 2.94 bits per heavy atom. The summed E-state index contributed by atoms with van der Waals surface area (Å²) in [5.41, 5.74) is 0. The van der Waals surface area contributed by atoms with Crippen molar-refractivity contribution in [2.24, 2.45) is 0 Å². The van der Waals surface area contributed by atoms with Gasteiger partial charge in [0.05, 0.1) is 0 Å². The Morgan fingerprint density at radius 2 is 2.24 bits per heavy atom. The van der Waals surface area contributed by atoms with Crippen LogP contribution in [0.4, 0.5) is 4.79 Å². The van der Waals surface area contributed by atoms with Gasteiger partial charge in [-0.25, -0.2) is 9.78 Å². The van der Waals surface area contributed by atoms with Gasteiger partial charge in [0.1, 0.15) is 12.2 Å². The molecule has 2 heterocycles. The molecule has 0 radical (unpaired) electrons. The van der Waals surface area contributed by atoms with E-state index in [1.165, 1.54) is 12.7 Å². The Bertz CT molecular complexity index is 332. The highest BCUT2D eigenvalue weighted by molar-refractivity contribution is 5.74. The van der Waals surface area contributed by atoms with E-state index in [-0.39, 0.29) is 6.03 Å². The summed E-state index contributed by atoms with van der Waals surface area (Å²) in [6, 6.07) is 0.0715. The first-order valence-corrected chi connectivity index (χ1v) is 6.23. The summed E-state index contributed by atoms with van der Waals surface area (Å²) in [7, 11) is 0. The second-order valence-electron chi connectivity index (χ2n) is 4.32. The standard InChI is InChI=1S/C11H19N5O/c17-11(16-7-2-1-3-8-16)12-6-4-5-10-13-9-14-15-10/h9H,1-8H2,(H,12,17)(H,13,14,15). The molecular formula is C11H19N5O. The van der Waals surface area contributed by atoms with E-state index in [0.29, 0.717) is 6.54 Å². The normalized spacial score (nSPS) is 15.9. The number of aryl methyl sites for hydroxylation is 1. The van der Waals surface area contributed by atoms with E-state index in [1.54, 1.807) is 0 Å². The van der Waals surface area contributed by atoms with Crippen LogP contribution in [0.2, 0.25) is 0 Å². The van der Waals surface area contributed by atoms with E-state index in [9.17, 15) is 4.79 Å². The minimum Gasteiger partial charge on any atom is -0.338 e. The van der Waals surface area contributed by atoms with Crippen molar-refractivity contribution in [1.82, 2.24) is 25.4 Å². The molecule has 0 unspecified atom stereocenters. The summed E-state index contributed by atoms with van der Waals surface area (Å²) in [4.78, 5) is 17.7. The van der Waals surface area contributed by atoms with E-state index < -0.39 is 0 Å². The quantitative estimate of drug-likeness (QED) is 0.765. The summed E-state index contributed by atoms with van der Waals surface area (Å²) >= 11 is 0. The maximum Gasteiger partial charge on any atom is 0.317 e. The predicted octanol–water partition coefficient (Wildman–Crippen LogP) is 0.933. The summed E-state index contributed by atoms with van der Waals surface area (Å²) in [5.74, 6) is 0.872. The fourth-order valence-electron chi connectivity index (χ4n) is 2.01. The highest BCUT2D eigenvalue weighted by Gasteiger charge is 2.15. The third-order valence-corrected chi connectivity index (χ3v) is 2.97. The second-order valence-corrected chi connectivity index (χ2v) is 4.32. The molecule has 2 rings (SSSR count). The molecule has 0 aromatic carbocycles. The van der Waals surface area contributed by atoms with E-state index in [2.05, 4.69) is 20.5 Å². The van der Waals surface area contributed by atoms with Gasteiger partial charge in [-0.05, 0) is 25.7 Å². The number of nitrogens with zero attached hydrogens (tertiary/aromatic N) is 3. The first kappa shape index (κ1) is 11.9. The summed E-state index contributed by atoms with van der Waals surface area (Å²) in [6.45, 7) is 2.48. The third kappa shape index (κ3) is 3.72. The van der Waals surface area contributed by atoms with Crippen LogP contribution in [0.5, 0.6) is 0 Å². The molecule has 0 bridgehead atoms. The van der Waals surface area contributed by atoms with Crippen LogP contribution in [-0.2, 0) is 6.42 Å². The van der Waals surface area contributed by atoms with Gasteiger partial charge in [0.2, 0.25) is 0 Å². The number of nitrogens with one attached hydrogen (secondary N) is 2. The summed E-state index contributed by atoms with van der Waals surface area (Å²) < 4.78 is 0. The Balaban J connectivity index is 1.59. The van der Waals surface area contributed by atoms with Gasteiger partial charge in [0.15, 0.2) is 0 Å². The van der Waals surface area contributed by atoms with Gasteiger partial charge in [0, 0.05) is 26.1 Å². The molecule has 2 N–H and O–H groups in total. The zero-order valence-corrected chi connectivity index (χ0v) is 9.98. The monoisotopic (exact) mass is 237 g/mol. The first-order valence-electron chi connectivity index (χ1n) is 6.23. The van der Waals surface area contributed by atoms with Gasteiger partial charge < -0.3 is 10.2 Å². The van der Waals surface area contributed by atoms with Gasteiger partial charge in [-0.3, -0.25) is 5.10 Å². The molecule has 17 heavy (non-hydrogen) atoms. The predicted molar refractivity (Wildman–Crippen MR) is 63.5 cm³/mol. The minimum absolute atomic E-state index is 0.0715. The second kappa shape index (κ2) is 6.22. The number of hydrogen-bond acceptors (Lipinski definition) is 3. The Kier molecular flexibility index (Phi) is 4.35. The maximum atomic E-state index is 11.7. The van der Waals surface area contributed by atoms with Crippen LogP contribution in [-0.4, -0.2) is 45.7 Å². The molecule has 1 aliphatic rings. The van der Waals surface area contributed by atoms with Gasteiger partial charge in [-0.2, -0.15) is 5.10 Å². The van der Waals surface area contributed by atoms with Crippen molar-refractivity contribution in [3.05, 3.63) is 12.2 Å². The van der Waals surface area contributed by atoms with E-state index in [4.69, 9.17) is 0 Å². The van der Waals surface area contributed by atoms with Crippen LogP contribution >= 0.6 is 0 Å². The molecule has 94 valence electrons. The smallest absolute Gasteiger partial charge is 0.317 e.